The Morgan fingerprint density at radius 3 is 1.44 bits per heavy atom. The van der Waals surface area contributed by atoms with E-state index in [1.807, 2.05) is 11.3 Å². The maximum atomic E-state index is 2.39. The highest BCUT2D eigenvalue weighted by molar-refractivity contribution is 7.25. The van der Waals surface area contributed by atoms with Crippen molar-refractivity contribution >= 4 is 70.4 Å². The van der Waals surface area contributed by atoms with Crippen LogP contribution in [0.15, 0.2) is 218 Å². The minimum atomic E-state index is 1.11. The standard InChI is InChI=1S/C54H36N2S/c1-3-11-37(12-4-1)39-19-26-43(27-20-39)55(46-32-33-49-48-16-8-10-18-53(48)57-54(49)36-46)44-28-23-41(24-29-44)42-25-34-52-50(35-42)47-15-7-9-17-51(47)56(52)45-30-21-40(22-31-45)38-13-5-2-6-14-38/h1-36H. The minimum absolute atomic E-state index is 1.11. The average Bonchev–Trinajstić information content (AvgIpc) is 3.83. The molecule has 0 aliphatic heterocycles. The van der Waals surface area contributed by atoms with Gasteiger partial charge in [0.25, 0.3) is 0 Å². The highest BCUT2D eigenvalue weighted by atomic mass is 32.1. The van der Waals surface area contributed by atoms with Crippen LogP contribution in [0, 0.1) is 0 Å². The van der Waals surface area contributed by atoms with E-state index < -0.39 is 0 Å². The second-order valence-electron chi connectivity index (χ2n) is 14.6. The molecule has 0 radical (unpaired) electrons. The van der Waals surface area contributed by atoms with Gasteiger partial charge in [0.2, 0.25) is 0 Å². The molecule has 9 aromatic carbocycles. The molecule has 0 aliphatic carbocycles. The molecule has 11 rings (SSSR count). The average molecular weight is 745 g/mol. The molecular formula is C54H36N2S. The predicted octanol–water partition coefficient (Wildman–Crippen LogP) is 15.6. The van der Waals surface area contributed by atoms with Gasteiger partial charge in [-0.3, -0.25) is 0 Å². The SMILES string of the molecule is c1ccc(-c2ccc(N(c3ccc(-c4ccc5c(c4)c4ccccc4n5-c4ccc(-c5ccccc5)cc4)cc3)c3ccc4c(c3)sc3ccccc34)cc2)cc1. The molecule has 2 aromatic heterocycles. The molecule has 0 spiro atoms. The second kappa shape index (κ2) is 13.8. The summed E-state index contributed by atoms with van der Waals surface area (Å²) < 4.78 is 4.99. The number of hydrogen-bond donors (Lipinski definition) is 0. The van der Waals surface area contributed by atoms with Crippen molar-refractivity contribution in [1.29, 1.82) is 0 Å². The first-order valence-corrected chi connectivity index (χ1v) is 20.2. The van der Waals surface area contributed by atoms with Crippen molar-refractivity contribution in [2.75, 3.05) is 4.90 Å². The number of para-hydroxylation sites is 1. The monoisotopic (exact) mass is 744 g/mol. The van der Waals surface area contributed by atoms with Gasteiger partial charge in [-0.25, -0.2) is 0 Å². The number of hydrogen-bond acceptors (Lipinski definition) is 2. The lowest BCUT2D eigenvalue weighted by molar-refractivity contribution is 1.18. The van der Waals surface area contributed by atoms with Crippen molar-refractivity contribution in [3.8, 4) is 39.1 Å². The predicted molar refractivity (Wildman–Crippen MR) is 245 cm³/mol. The molecule has 0 amide bonds. The molecule has 0 saturated carbocycles. The molecule has 0 atom stereocenters. The summed E-state index contributed by atoms with van der Waals surface area (Å²) in [5.41, 5.74) is 14.2. The van der Waals surface area contributed by atoms with E-state index in [1.54, 1.807) is 0 Å². The number of nitrogens with zero attached hydrogens (tertiary/aromatic N) is 2. The zero-order chi connectivity index (χ0) is 37.7. The maximum Gasteiger partial charge on any atom is 0.0541 e. The molecular weight excluding hydrogens is 709 g/mol. The summed E-state index contributed by atoms with van der Waals surface area (Å²) in [6.07, 6.45) is 0. The van der Waals surface area contributed by atoms with Crippen molar-refractivity contribution < 1.29 is 0 Å². The Hall–Kier alpha value is -7.20. The van der Waals surface area contributed by atoms with Crippen molar-refractivity contribution in [3.05, 3.63) is 218 Å². The van der Waals surface area contributed by atoms with E-state index in [-0.39, 0.29) is 0 Å². The molecule has 2 heterocycles. The zero-order valence-electron chi connectivity index (χ0n) is 31.1. The topological polar surface area (TPSA) is 8.17 Å². The van der Waals surface area contributed by atoms with Gasteiger partial charge in [-0.2, -0.15) is 0 Å². The minimum Gasteiger partial charge on any atom is -0.310 e. The van der Waals surface area contributed by atoms with Gasteiger partial charge in [0.1, 0.15) is 0 Å². The number of fused-ring (bicyclic) bond motifs is 6. The van der Waals surface area contributed by atoms with Gasteiger partial charge in [-0.1, -0.05) is 146 Å². The molecule has 0 aliphatic rings. The van der Waals surface area contributed by atoms with E-state index in [0.717, 1.165) is 22.7 Å². The van der Waals surface area contributed by atoms with Crippen LogP contribution in [-0.2, 0) is 0 Å². The molecule has 2 nitrogen and oxygen atoms in total. The highest BCUT2D eigenvalue weighted by Crippen LogP contribution is 2.42. The van der Waals surface area contributed by atoms with E-state index >= 15 is 0 Å². The summed E-state index contributed by atoms with van der Waals surface area (Å²) in [5.74, 6) is 0. The van der Waals surface area contributed by atoms with Crippen molar-refractivity contribution in [1.82, 2.24) is 4.57 Å². The van der Waals surface area contributed by atoms with Crippen molar-refractivity contribution in [2.45, 2.75) is 0 Å². The normalized spacial score (nSPS) is 11.5. The summed E-state index contributed by atoms with van der Waals surface area (Å²) in [4.78, 5) is 2.38. The van der Waals surface area contributed by atoms with Crippen LogP contribution in [-0.4, -0.2) is 4.57 Å². The van der Waals surface area contributed by atoms with Crippen LogP contribution in [0.25, 0.3) is 81.0 Å². The van der Waals surface area contributed by atoms with E-state index in [4.69, 9.17) is 0 Å². The summed E-state index contributed by atoms with van der Waals surface area (Å²) >= 11 is 1.86. The van der Waals surface area contributed by atoms with Crippen molar-refractivity contribution in [2.24, 2.45) is 0 Å². The summed E-state index contributed by atoms with van der Waals surface area (Å²) in [6.45, 7) is 0. The van der Waals surface area contributed by atoms with Crippen molar-refractivity contribution in [3.63, 3.8) is 0 Å². The Morgan fingerprint density at radius 2 is 0.772 bits per heavy atom. The molecule has 0 bridgehead atoms. The van der Waals surface area contributed by atoms with E-state index in [0.29, 0.717) is 0 Å². The van der Waals surface area contributed by atoms with E-state index in [9.17, 15) is 0 Å². The molecule has 0 unspecified atom stereocenters. The van der Waals surface area contributed by atoms with Crippen LogP contribution in [0.3, 0.4) is 0 Å². The largest absolute Gasteiger partial charge is 0.310 e. The highest BCUT2D eigenvalue weighted by Gasteiger charge is 2.17. The first kappa shape index (κ1) is 33.2. The maximum absolute atomic E-state index is 2.39. The lowest BCUT2D eigenvalue weighted by atomic mass is 10.0. The third-order valence-corrected chi connectivity index (χ3v) is 12.4. The second-order valence-corrected chi connectivity index (χ2v) is 15.7. The fourth-order valence-electron chi connectivity index (χ4n) is 8.40. The molecule has 0 N–H and O–H groups in total. The zero-order valence-corrected chi connectivity index (χ0v) is 31.9. The smallest absolute Gasteiger partial charge is 0.0541 e. The lowest BCUT2D eigenvalue weighted by Gasteiger charge is -2.26. The number of anilines is 3. The van der Waals surface area contributed by atoms with Crippen LogP contribution in [0.4, 0.5) is 17.1 Å². The van der Waals surface area contributed by atoms with Gasteiger partial charge in [-0.05, 0) is 106 Å². The number of rotatable bonds is 7. The Morgan fingerprint density at radius 1 is 0.298 bits per heavy atom. The van der Waals surface area contributed by atoms with Gasteiger partial charge in [-0.15, -0.1) is 11.3 Å². The third kappa shape index (κ3) is 5.88. The van der Waals surface area contributed by atoms with Crippen LogP contribution in [0.1, 0.15) is 0 Å². The van der Waals surface area contributed by atoms with Gasteiger partial charge in [0, 0.05) is 53.7 Å². The van der Waals surface area contributed by atoms with Crippen LogP contribution < -0.4 is 4.90 Å². The molecule has 11 aromatic rings. The van der Waals surface area contributed by atoms with E-state index in [1.165, 1.54) is 75.4 Å². The van der Waals surface area contributed by atoms with Crippen LogP contribution in [0.5, 0.6) is 0 Å². The first-order valence-electron chi connectivity index (χ1n) is 19.4. The molecule has 0 fully saturated rings. The quantitative estimate of drug-likeness (QED) is 0.158. The Kier molecular flexibility index (Phi) is 8.04. The summed E-state index contributed by atoms with van der Waals surface area (Å²) in [6, 6.07) is 79.3. The summed E-state index contributed by atoms with van der Waals surface area (Å²) in [5, 5.41) is 5.11. The lowest BCUT2D eigenvalue weighted by Crippen LogP contribution is -2.09. The Bertz CT molecular complexity index is 3200. The Labute approximate surface area is 335 Å². The van der Waals surface area contributed by atoms with Gasteiger partial charge >= 0.3 is 0 Å². The van der Waals surface area contributed by atoms with E-state index in [2.05, 4.69) is 228 Å². The fourth-order valence-corrected chi connectivity index (χ4v) is 9.54. The van der Waals surface area contributed by atoms with Gasteiger partial charge < -0.3 is 9.47 Å². The number of benzene rings is 9. The molecule has 3 heteroatoms. The van der Waals surface area contributed by atoms with Gasteiger partial charge in [0.15, 0.2) is 0 Å². The van der Waals surface area contributed by atoms with Crippen LogP contribution in [0.2, 0.25) is 0 Å². The fraction of sp³-hybridized carbons (Fsp3) is 0. The Balaban J connectivity index is 0.977. The number of aromatic nitrogens is 1. The van der Waals surface area contributed by atoms with Gasteiger partial charge in [0.05, 0.1) is 11.0 Å². The molecule has 268 valence electrons. The molecule has 57 heavy (non-hydrogen) atoms. The molecule has 0 saturated heterocycles. The van der Waals surface area contributed by atoms with Crippen LogP contribution >= 0.6 is 11.3 Å². The summed E-state index contributed by atoms with van der Waals surface area (Å²) in [7, 11) is 0. The number of thiophene rings is 1. The first-order chi connectivity index (χ1) is 28.2. The third-order valence-electron chi connectivity index (χ3n) is 11.2.